The minimum Gasteiger partial charge on any atom is -0.311 e. The Balaban J connectivity index is 0.938. The lowest BCUT2D eigenvalue weighted by Gasteiger charge is -2.31. The van der Waals surface area contributed by atoms with Crippen LogP contribution in [0.5, 0.6) is 0 Å². The first-order valence-corrected chi connectivity index (χ1v) is 22.6. The van der Waals surface area contributed by atoms with E-state index in [1.54, 1.807) is 0 Å². The predicted molar refractivity (Wildman–Crippen MR) is 271 cm³/mol. The maximum atomic E-state index is 2.48. The number of rotatable bonds is 8. The van der Waals surface area contributed by atoms with E-state index in [2.05, 4.69) is 258 Å². The molecule has 2 aliphatic rings. The van der Waals surface area contributed by atoms with Crippen molar-refractivity contribution in [1.82, 2.24) is 0 Å². The molecule has 310 valence electrons. The zero-order chi connectivity index (χ0) is 43.7. The summed E-state index contributed by atoms with van der Waals surface area (Å²) in [6.45, 7) is 14.4. The highest BCUT2D eigenvalue weighted by molar-refractivity contribution is 5.95. The van der Waals surface area contributed by atoms with Crippen molar-refractivity contribution < 1.29 is 0 Å². The van der Waals surface area contributed by atoms with Crippen LogP contribution in [0.3, 0.4) is 0 Å². The predicted octanol–water partition coefficient (Wildman–Crippen LogP) is 17.2. The molecule has 0 atom stereocenters. The molecule has 2 heteroatoms. The lowest BCUT2D eigenvalue weighted by atomic mass is 9.72. The minimum atomic E-state index is -0.191. The van der Waals surface area contributed by atoms with Gasteiger partial charge in [0.25, 0.3) is 0 Å². The van der Waals surface area contributed by atoms with Crippen molar-refractivity contribution in [3.63, 3.8) is 0 Å². The van der Waals surface area contributed by atoms with Gasteiger partial charge in [0.2, 0.25) is 0 Å². The lowest BCUT2D eigenvalue weighted by Crippen LogP contribution is -2.24. The molecule has 0 unspecified atom stereocenters. The standard InChI is InChI=1S/C62H52N2/c1-41-37-45(43-27-31-51(32-28-43)63(47-19-11-7-12-20-47)48-21-13-8-14-22-48)39-55-57(41)53-35-36-54-58-42(2)38-46(40-56(58)62(5,6)60(54)59(53)61(55,3)4)44-29-33-52(34-30-44)64(49-23-15-9-16-24-49)50-25-17-10-18-26-50/h7-40H,1-6H3. The second-order valence-corrected chi connectivity index (χ2v) is 18.7. The summed E-state index contributed by atoms with van der Waals surface area (Å²) in [5, 5.41) is 0. The van der Waals surface area contributed by atoms with E-state index in [1.807, 2.05) is 0 Å². The number of hydrogen-bond acceptors (Lipinski definition) is 2. The molecular formula is C62H52N2. The molecule has 0 spiro atoms. The molecule has 9 aromatic rings. The Labute approximate surface area is 378 Å². The van der Waals surface area contributed by atoms with Crippen LogP contribution in [0.25, 0.3) is 44.5 Å². The van der Waals surface area contributed by atoms with Gasteiger partial charge in [0.15, 0.2) is 0 Å². The Kier molecular flexibility index (Phi) is 9.33. The van der Waals surface area contributed by atoms with E-state index in [0.29, 0.717) is 0 Å². The fraction of sp³-hybridized carbons (Fsp3) is 0.129. The van der Waals surface area contributed by atoms with Gasteiger partial charge in [-0.2, -0.15) is 0 Å². The van der Waals surface area contributed by atoms with Gasteiger partial charge < -0.3 is 9.80 Å². The topological polar surface area (TPSA) is 6.48 Å². The van der Waals surface area contributed by atoms with Crippen LogP contribution in [0.2, 0.25) is 0 Å². The largest absolute Gasteiger partial charge is 0.311 e. The molecule has 0 aromatic heterocycles. The number of nitrogens with zero attached hydrogens (tertiary/aromatic N) is 2. The molecule has 0 bridgehead atoms. The molecule has 64 heavy (non-hydrogen) atoms. The molecule has 11 rings (SSSR count). The zero-order valence-electron chi connectivity index (χ0n) is 37.5. The summed E-state index contributed by atoms with van der Waals surface area (Å²) in [4.78, 5) is 4.65. The van der Waals surface area contributed by atoms with E-state index in [4.69, 9.17) is 0 Å². The summed E-state index contributed by atoms with van der Waals surface area (Å²) < 4.78 is 0. The van der Waals surface area contributed by atoms with Crippen molar-refractivity contribution in [2.75, 3.05) is 9.80 Å². The Bertz CT molecular complexity index is 2890. The molecule has 0 N–H and O–H groups in total. The number of para-hydroxylation sites is 4. The van der Waals surface area contributed by atoms with Crippen molar-refractivity contribution in [3.8, 4) is 44.5 Å². The molecule has 9 aromatic carbocycles. The van der Waals surface area contributed by atoms with E-state index < -0.39 is 0 Å². The van der Waals surface area contributed by atoms with Gasteiger partial charge in [0.05, 0.1) is 0 Å². The third-order valence-electron chi connectivity index (χ3n) is 14.0. The molecule has 0 radical (unpaired) electrons. The van der Waals surface area contributed by atoms with Crippen LogP contribution < -0.4 is 9.80 Å². The Hall–Kier alpha value is -7.42. The average Bonchev–Trinajstić information content (AvgIpc) is 3.70. The highest BCUT2D eigenvalue weighted by atomic mass is 15.1. The lowest BCUT2D eigenvalue weighted by molar-refractivity contribution is 0.601. The monoisotopic (exact) mass is 824 g/mol. The SMILES string of the molecule is Cc1cc(-c2ccc(N(c3ccccc3)c3ccccc3)cc2)cc2c1-c1ccc3c(c1C2(C)C)C(C)(C)c1cc(-c2ccc(N(c4ccccc4)c4ccccc4)cc2)cc(C)c1-3. The number of aryl methyl sites for hydroxylation is 2. The average molecular weight is 825 g/mol. The third-order valence-corrected chi connectivity index (χ3v) is 14.0. The highest BCUT2D eigenvalue weighted by Gasteiger charge is 2.46. The first kappa shape index (κ1) is 39.4. The van der Waals surface area contributed by atoms with E-state index >= 15 is 0 Å². The van der Waals surface area contributed by atoms with Crippen LogP contribution in [0.4, 0.5) is 34.1 Å². The summed E-state index contributed by atoms with van der Waals surface area (Å²) >= 11 is 0. The van der Waals surface area contributed by atoms with Crippen LogP contribution in [0, 0.1) is 13.8 Å². The van der Waals surface area contributed by atoms with Gasteiger partial charge in [-0.1, -0.05) is 149 Å². The van der Waals surface area contributed by atoms with Gasteiger partial charge in [-0.3, -0.25) is 0 Å². The molecule has 0 fully saturated rings. The van der Waals surface area contributed by atoms with E-state index in [9.17, 15) is 0 Å². The first-order chi connectivity index (χ1) is 31.1. The summed E-state index contributed by atoms with van der Waals surface area (Å²) in [6, 6.07) is 75.3. The van der Waals surface area contributed by atoms with Gasteiger partial charge in [0.1, 0.15) is 0 Å². The molecule has 0 saturated carbocycles. The maximum Gasteiger partial charge on any atom is 0.0462 e. The minimum absolute atomic E-state index is 0.191. The molecule has 0 aliphatic heterocycles. The number of hydrogen-bond donors (Lipinski definition) is 0. The first-order valence-electron chi connectivity index (χ1n) is 22.6. The van der Waals surface area contributed by atoms with Gasteiger partial charge in [-0.05, 0) is 177 Å². The summed E-state index contributed by atoms with van der Waals surface area (Å²) in [6.07, 6.45) is 0. The fourth-order valence-corrected chi connectivity index (χ4v) is 11.0. The second-order valence-electron chi connectivity index (χ2n) is 18.7. The number of benzene rings is 9. The Morgan fingerprint density at radius 3 is 0.875 bits per heavy atom. The Morgan fingerprint density at radius 1 is 0.297 bits per heavy atom. The van der Waals surface area contributed by atoms with Crippen molar-refractivity contribution in [3.05, 3.63) is 240 Å². The quantitative estimate of drug-likeness (QED) is 0.151. The maximum absolute atomic E-state index is 2.48. The number of fused-ring (bicyclic) bond motifs is 7. The molecule has 2 nitrogen and oxygen atoms in total. The van der Waals surface area contributed by atoms with Gasteiger partial charge in [0, 0.05) is 45.0 Å². The van der Waals surface area contributed by atoms with Crippen molar-refractivity contribution >= 4 is 34.1 Å². The van der Waals surface area contributed by atoms with E-state index in [1.165, 1.54) is 77.9 Å². The van der Waals surface area contributed by atoms with Gasteiger partial charge >= 0.3 is 0 Å². The van der Waals surface area contributed by atoms with Crippen LogP contribution in [0.1, 0.15) is 61.1 Å². The van der Waals surface area contributed by atoms with Crippen molar-refractivity contribution in [1.29, 1.82) is 0 Å². The molecule has 2 aliphatic carbocycles. The highest BCUT2D eigenvalue weighted by Crippen LogP contribution is 2.61. The molecule has 0 amide bonds. The number of anilines is 6. The Morgan fingerprint density at radius 2 is 0.578 bits per heavy atom. The van der Waals surface area contributed by atoms with E-state index in [-0.39, 0.29) is 10.8 Å². The van der Waals surface area contributed by atoms with Gasteiger partial charge in [-0.25, -0.2) is 0 Å². The summed E-state index contributed by atoms with van der Waals surface area (Å²) in [5.74, 6) is 0. The molecule has 0 heterocycles. The van der Waals surface area contributed by atoms with Crippen LogP contribution in [-0.4, -0.2) is 0 Å². The summed E-state index contributed by atoms with van der Waals surface area (Å²) in [7, 11) is 0. The molecule has 0 saturated heterocycles. The summed E-state index contributed by atoms with van der Waals surface area (Å²) in [5.41, 5.74) is 25.4. The fourth-order valence-electron chi connectivity index (χ4n) is 11.0. The molecular weight excluding hydrogens is 773 g/mol. The second kappa shape index (κ2) is 15.1. The van der Waals surface area contributed by atoms with Gasteiger partial charge in [-0.15, -0.1) is 0 Å². The van der Waals surface area contributed by atoms with Crippen LogP contribution in [-0.2, 0) is 10.8 Å². The normalized spacial score (nSPS) is 13.7. The van der Waals surface area contributed by atoms with E-state index in [0.717, 1.165) is 34.1 Å². The van der Waals surface area contributed by atoms with Crippen LogP contribution in [0.15, 0.2) is 206 Å². The smallest absolute Gasteiger partial charge is 0.0462 e. The zero-order valence-corrected chi connectivity index (χ0v) is 37.5. The van der Waals surface area contributed by atoms with Crippen molar-refractivity contribution in [2.45, 2.75) is 52.4 Å². The van der Waals surface area contributed by atoms with Crippen molar-refractivity contribution in [2.24, 2.45) is 0 Å². The van der Waals surface area contributed by atoms with Crippen LogP contribution >= 0.6 is 0 Å². The third kappa shape index (κ3) is 6.31.